The molecule has 20 heavy (non-hydrogen) atoms. The summed E-state index contributed by atoms with van der Waals surface area (Å²) >= 11 is 0. The molecule has 0 unspecified atom stereocenters. The highest BCUT2D eigenvalue weighted by Gasteiger charge is 2.19. The minimum absolute atomic E-state index is 0.376. The number of nitrogens with one attached hydrogen (secondary N) is 1. The van der Waals surface area contributed by atoms with Gasteiger partial charge >= 0.3 is 17.8 Å². The first kappa shape index (κ1) is 15.7. The van der Waals surface area contributed by atoms with Crippen LogP contribution in [0.3, 0.4) is 0 Å². The summed E-state index contributed by atoms with van der Waals surface area (Å²) in [7, 11) is 1.29. The van der Waals surface area contributed by atoms with E-state index in [9.17, 15) is 14.4 Å². The highest BCUT2D eigenvalue weighted by atomic mass is 16.5. The first-order valence-corrected chi connectivity index (χ1v) is 6.32. The number of carbonyl (C=O) groups is 3. The predicted molar refractivity (Wildman–Crippen MR) is 74.3 cm³/mol. The molecule has 0 atom stereocenters. The van der Waals surface area contributed by atoms with Crippen LogP contribution >= 0.6 is 0 Å². The first-order valence-electron chi connectivity index (χ1n) is 6.32. The van der Waals surface area contributed by atoms with Gasteiger partial charge in [0.05, 0.1) is 12.7 Å². The van der Waals surface area contributed by atoms with E-state index in [0.717, 1.165) is 0 Å². The number of carbonyl (C=O) groups excluding carboxylic acids is 3. The largest absolute Gasteiger partial charge is 0.465 e. The maximum absolute atomic E-state index is 11.8. The molecule has 6 nitrogen and oxygen atoms in total. The van der Waals surface area contributed by atoms with Crippen LogP contribution in [0.2, 0.25) is 0 Å². The smallest absolute Gasteiger partial charge is 0.337 e. The summed E-state index contributed by atoms with van der Waals surface area (Å²) in [6, 6.07) is 6.12. The lowest BCUT2D eigenvalue weighted by atomic mass is 10.2. The molecule has 0 aliphatic carbocycles. The number of amides is 2. The third-order valence-corrected chi connectivity index (χ3v) is 2.81. The van der Waals surface area contributed by atoms with Crippen LogP contribution < -0.4 is 5.32 Å². The summed E-state index contributed by atoms with van der Waals surface area (Å²) in [4.78, 5) is 36.2. The van der Waals surface area contributed by atoms with Gasteiger partial charge in [-0.1, -0.05) is 0 Å². The molecule has 108 valence electrons. The van der Waals surface area contributed by atoms with Gasteiger partial charge in [0, 0.05) is 18.8 Å². The van der Waals surface area contributed by atoms with Crippen molar-refractivity contribution in [2.45, 2.75) is 13.8 Å². The zero-order chi connectivity index (χ0) is 15.1. The zero-order valence-corrected chi connectivity index (χ0v) is 11.8. The Bertz CT molecular complexity index is 492. The van der Waals surface area contributed by atoms with Crippen LogP contribution in [0.25, 0.3) is 0 Å². The molecule has 0 aliphatic heterocycles. The van der Waals surface area contributed by atoms with Gasteiger partial charge < -0.3 is 15.0 Å². The highest BCUT2D eigenvalue weighted by Crippen LogP contribution is 2.10. The number of likely N-dealkylation sites (N-methyl/N-ethyl adjacent to an activating group) is 1. The van der Waals surface area contributed by atoms with Crippen molar-refractivity contribution in [1.29, 1.82) is 0 Å². The lowest BCUT2D eigenvalue weighted by Crippen LogP contribution is -2.39. The summed E-state index contributed by atoms with van der Waals surface area (Å²) in [5, 5.41) is 2.49. The van der Waals surface area contributed by atoms with Crippen LogP contribution in [0.1, 0.15) is 24.2 Å². The number of rotatable bonds is 4. The molecule has 1 aromatic rings. The fourth-order valence-electron chi connectivity index (χ4n) is 1.65. The second-order valence-corrected chi connectivity index (χ2v) is 4.00. The summed E-state index contributed by atoms with van der Waals surface area (Å²) in [6.45, 7) is 4.56. The molecule has 6 heteroatoms. The van der Waals surface area contributed by atoms with Crippen LogP contribution in [-0.2, 0) is 14.3 Å². The monoisotopic (exact) mass is 278 g/mol. The number of anilines is 1. The average Bonchev–Trinajstić information content (AvgIpc) is 2.48. The van der Waals surface area contributed by atoms with Gasteiger partial charge in [-0.2, -0.15) is 0 Å². The second-order valence-electron chi connectivity index (χ2n) is 4.00. The van der Waals surface area contributed by atoms with E-state index in [4.69, 9.17) is 0 Å². The van der Waals surface area contributed by atoms with E-state index in [1.807, 2.05) is 0 Å². The van der Waals surface area contributed by atoms with Crippen molar-refractivity contribution < 1.29 is 19.1 Å². The van der Waals surface area contributed by atoms with E-state index in [1.165, 1.54) is 24.1 Å². The molecule has 0 bridgehead atoms. The number of ether oxygens (including phenoxy) is 1. The van der Waals surface area contributed by atoms with Crippen LogP contribution in [0, 0.1) is 0 Å². The van der Waals surface area contributed by atoms with Crippen LogP contribution in [0.4, 0.5) is 5.69 Å². The molecule has 0 spiro atoms. The van der Waals surface area contributed by atoms with Crippen LogP contribution in [0.15, 0.2) is 24.3 Å². The number of nitrogens with zero attached hydrogens (tertiary/aromatic N) is 1. The van der Waals surface area contributed by atoms with Gasteiger partial charge in [-0.15, -0.1) is 0 Å². The predicted octanol–water partition coefficient (Wildman–Crippen LogP) is 1.28. The van der Waals surface area contributed by atoms with E-state index in [1.54, 1.807) is 26.0 Å². The second kappa shape index (κ2) is 7.28. The average molecular weight is 278 g/mol. The van der Waals surface area contributed by atoms with Crippen molar-refractivity contribution in [2.75, 3.05) is 25.5 Å². The molecule has 0 heterocycles. The molecule has 0 saturated heterocycles. The normalized spacial score (nSPS) is 9.75. The number of hydrogen-bond acceptors (Lipinski definition) is 4. The topological polar surface area (TPSA) is 75.7 Å². The SMILES string of the molecule is CCN(CC)C(=O)C(=O)Nc1ccc(C(=O)OC)cc1. The van der Waals surface area contributed by atoms with E-state index in [0.29, 0.717) is 24.3 Å². The fourth-order valence-corrected chi connectivity index (χ4v) is 1.65. The van der Waals surface area contributed by atoms with E-state index in [2.05, 4.69) is 10.1 Å². The Kier molecular flexibility index (Phi) is 5.71. The molecule has 1 aromatic carbocycles. The molecule has 0 aliphatic rings. The Balaban J connectivity index is 2.71. The Morgan fingerprint density at radius 2 is 1.65 bits per heavy atom. The molecule has 1 N–H and O–H groups in total. The van der Waals surface area contributed by atoms with Gasteiger partial charge in [0.1, 0.15) is 0 Å². The number of benzene rings is 1. The fraction of sp³-hybridized carbons (Fsp3) is 0.357. The summed E-state index contributed by atoms with van der Waals surface area (Å²) in [5.41, 5.74) is 0.823. The van der Waals surface area contributed by atoms with Gasteiger partial charge in [-0.3, -0.25) is 9.59 Å². The van der Waals surface area contributed by atoms with Crippen molar-refractivity contribution >= 4 is 23.5 Å². The van der Waals surface area contributed by atoms with Gasteiger partial charge in [0.25, 0.3) is 0 Å². The van der Waals surface area contributed by atoms with Crippen molar-refractivity contribution in [2.24, 2.45) is 0 Å². The Labute approximate surface area is 117 Å². The van der Waals surface area contributed by atoms with Crippen molar-refractivity contribution in [3.8, 4) is 0 Å². The molecule has 0 radical (unpaired) electrons. The van der Waals surface area contributed by atoms with E-state index >= 15 is 0 Å². The molecular formula is C14H18N2O4. The van der Waals surface area contributed by atoms with E-state index in [-0.39, 0.29) is 0 Å². The summed E-state index contributed by atoms with van der Waals surface area (Å²) < 4.78 is 4.57. The standard InChI is InChI=1S/C14H18N2O4/c1-4-16(5-2)13(18)12(17)15-11-8-6-10(7-9-11)14(19)20-3/h6-9H,4-5H2,1-3H3,(H,15,17). The highest BCUT2D eigenvalue weighted by molar-refractivity contribution is 6.39. The Hall–Kier alpha value is -2.37. The van der Waals surface area contributed by atoms with Crippen molar-refractivity contribution in [1.82, 2.24) is 4.90 Å². The van der Waals surface area contributed by atoms with Crippen molar-refractivity contribution in [3.63, 3.8) is 0 Å². The van der Waals surface area contributed by atoms with Crippen LogP contribution in [0.5, 0.6) is 0 Å². The van der Waals surface area contributed by atoms with Crippen LogP contribution in [-0.4, -0.2) is 42.9 Å². The third kappa shape index (κ3) is 3.81. The lowest BCUT2D eigenvalue weighted by molar-refractivity contribution is -0.142. The summed E-state index contributed by atoms with van der Waals surface area (Å²) in [5.74, 6) is -1.73. The van der Waals surface area contributed by atoms with E-state index < -0.39 is 17.8 Å². The third-order valence-electron chi connectivity index (χ3n) is 2.81. The van der Waals surface area contributed by atoms with Crippen molar-refractivity contribution in [3.05, 3.63) is 29.8 Å². The van der Waals surface area contributed by atoms with Gasteiger partial charge in [0.15, 0.2) is 0 Å². The number of methoxy groups -OCH3 is 1. The van der Waals surface area contributed by atoms with Gasteiger partial charge in [-0.25, -0.2) is 4.79 Å². The molecule has 0 aromatic heterocycles. The quantitative estimate of drug-likeness (QED) is 0.665. The molecule has 0 fully saturated rings. The molecule has 1 rings (SSSR count). The van der Waals surface area contributed by atoms with Gasteiger partial charge in [-0.05, 0) is 38.1 Å². The maximum Gasteiger partial charge on any atom is 0.337 e. The molecule has 2 amide bonds. The number of esters is 1. The lowest BCUT2D eigenvalue weighted by Gasteiger charge is -2.17. The minimum atomic E-state index is -0.695. The first-order chi connectivity index (χ1) is 9.53. The summed E-state index contributed by atoms with van der Waals surface area (Å²) in [6.07, 6.45) is 0. The minimum Gasteiger partial charge on any atom is -0.465 e. The zero-order valence-electron chi connectivity index (χ0n) is 11.8. The number of hydrogen-bond donors (Lipinski definition) is 1. The Morgan fingerprint density at radius 1 is 1.10 bits per heavy atom. The molecular weight excluding hydrogens is 260 g/mol. The molecule has 0 saturated carbocycles. The van der Waals surface area contributed by atoms with Gasteiger partial charge in [0.2, 0.25) is 0 Å². The maximum atomic E-state index is 11.8. The Morgan fingerprint density at radius 3 is 2.10 bits per heavy atom.